The number of rotatable bonds is 7. The lowest BCUT2D eigenvalue weighted by molar-refractivity contribution is -0.116. The van der Waals surface area contributed by atoms with Crippen molar-refractivity contribution in [3.8, 4) is 0 Å². The number of nitrogens with one attached hydrogen (secondary N) is 1. The van der Waals surface area contributed by atoms with E-state index in [1.165, 1.54) is 17.1 Å². The second kappa shape index (κ2) is 7.67. The van der Waals surface area contributed by atoms with Crippen molar-refractivity contribution in [1.82, 2.24) is 29.3 Å². The zero-order chi connectivity index (χ0) is 20.4. The Balaban J connectivity index is 1.72. The van der Waals surface area contributed by atoms with Gasteiger partial charge in [-0.3, -0.25) is 18.8 Å². The van der Waals surface area contributed by atoms with E-state index in [-0.39, 0.29) is 18.0 Å². The van der Waals surface area contributed by atoms with E-state index in [2.05, 4.69) is 20.6 Å². The van der Waals surface area contributed by atoms with Crippen molar-refractivity contribution >= 4 is 17.6 Å². The summed E-state index contributed by atoms with van der Waals surface area (Å²) in [6.07, 6.45) is 4.37. The number of carbonyl (C=O) groups excluding carboxylic acids is 1. The Hall–Kier alpha value is -3.43. The van der Waals surface area contributed by atoms with Gasteiger partial charge >= 0.3 is 5.97 Å². The molecule has 0 saturated carbocycles. The van der Waals surface area contributed by atoms with E-state index in [1.807, 2.05) is 43.3 Å². The summed E-state index contributed by atoms with van der Waals surface area (Å²) in [6, 6.07) is 0. The Labute approximate surface area is 161 Å². The van der Waals surface area contributed by atoms with E-state index >= 15 is 0 Å². The molecule has 0 spiro atoms. The third-order valence-electron chi connectivity index (χ3n) is 4.66. The van der Waals surface area contributed by atoms with Crippen LogP contribution in [0, 0.1) is 20.8 Å². The Bertz CT molecular complexity index is 1030. The molecule has 3 aromatic rings. The maximum Gasteiger partial charge on any atom is 0.338 e. The van der Waals surface area contributed by atoms with Gasteiger partial charge in [0.2, 0.25) is 5.91 Å². The second-order valence-corrected chi connectivity index (χ2v) is 6.55. The number of carboxylic acid groups (broad SMARTS) is 1. The van der Waals surface area contributed by atoms with Crippen LogP contribution in [0.4, 0.5) is 5.69 Å². The van der Waals surface area contributed by atoms with Crippen molar-refractivity contribution < 1.29 is 14.7 Å². The molecule has 0 unspecified atom stereocenters. The number of aromatic carboxylic acids is 1. The normalized spacial score (nSPS) is 11.0. The van der Waals surface area contributed by atoms with Crippen molar-refractivity contribution in [2.75, 3.05) is 5.32 Å². The third kappa shape index (κ3) is 3.80. The number of anilines is 1. The predicted molar refractivity (Wildman–Crippen MR) is 101 cm³/mol. The SMILES string of the molecule is CCn1ncc(Cn2nc(C)c(NC(=O)Cn3cc(C(=O)O)cn3)c2C)c1C. The average Bonchev–Trinajstić information content (AvgIpc) is 3.31. The van der Waals surface area contributed by atoms with Gasteiger partial charge in [0.25, 0.3) is 0 Å². The van der Waals surface area contributed by atoms with Gasteiger partial charge < -0.3 is 10.4 Å². The molecule has 0 aliphatic carbocycles. The fourth-order valence-corrected chi connectivity index (χ4v) is 3.04. The average molecular weight is 385 g/mol. The van der Waals surface area contributed by atoms with Crippen LogP contribution in [0.25, 0.3) is 0 Å². The smallest absolute Gasteiger partial charge is 0.338 e. The second-order valence-electron chi connectivity index (χ2n) is 6.55. The lowest BCUT2D eigenvalue weighted by Gasteiger charge is -2.08. The van der Waals surface area contributed by atoms with E-state index in [0.29, 0.717) is 17.9 Å². The molecule has 3 heterocycles. The zero-order valence-electron chi connectivity index (χ0n) is 16.3. The molecule has 1 amide bonds. The molecule has 0 saturated heterocycles. The first-order valence-electron chi connectivity index (χ1n) is 8.91. The topological polar surface area (TPSA) is 120 Å². The highest BCUT2D eigenvalue weighted by Gasteiger charge is 2.17. The third-order valence-corrected chi connectivity index (χ3v) is 4.66. The molecule has 0 radical (unpaired) electrons. The van der Waals surface area contributed by atoms with Gasteiger partial charge in [0.1, 0.15) is 6.54 Å². The first-order chi connectivity index (χ1) is 13.3. The van der Waals surface area contributed by atoms with Crippen molar-refractivity contribution in [1.29, 1.82) is 0 Å². The number of amides is 1. The molecule has 0 aliphatic heterocycles. The van der Waals surface area contributed by atoms with Gasteiger partial charge in [0.05, 0.1) is 41.6 Å². The van der Waals surface area contributed by atoms with Gasteiger partial charge in [-0.05, 0) is 27.7 Å². The highest BCUT2D eigenvalue weighted by atomic mass is 16.4. The molecule has 2 N–H and O–H groups in total. The van der Waals surface area contributed by atoms with Gasteiger partial charge in [-0.25, -0.2) is 4.79 Å². The lowest BCUT2D eigenvalue weighted by Crippen LogP contribution is -2.20. The molecule has 0 atom stereocenters. The van der Waals surface area contributed by atoms with Gasteiger partial charge in [-0.1, -0.05) is 0 Å². The number of aryl methyl sites for hydroxylation is 2. The van der Waals surface area contributed by atoms with Crippen molar-refractivity contribution in [2.24, 2.45) is 0 Å². The molecule has 148 valence electrons. The van der Waals surface area contributed by atoms with Gasteiger partial charge in [0.15, 0.2) is 0 Å². The molecule has 28 heavy (non-hydrogen) atoms. The van der Waals surface area contributed by atoms with Crippen LogP contribution in [0.2, 0.25) is 0 Å². The number of carboxylic acids is 1. The molecule has 3 aromatic heterocycles. The molecule has 0 aromatic carbocycles. The fourth-order valence-electron chi connectivity index (χ4n) is 3.04. The highest BCUT2D eigenvalue weighted by molar-refractivity contribution is 5.92. The summed E-state index contributed by atoms with van der Waals surface area (Å²) in [7, 11) is 0. The lowest BCUT2D eigenvalue weighted by atomic mass is 10.2. The molecule has 0 bridgehead atoms. The van der Waals surface area contributed by atoms with Crippen LogP contribution in [0.1, 0.15) is 39.9 Å². The van der Waals surface area contributed by atoms with E-state index < -0.39 is 5.97 Å². The van der Waals surface area contributed by atoms with E-state index in [1.54, 1.807) is 0 Å². The summed E-state index contributed by atoms with van der Waals surface area (Å²) in [5.74, 6) is -1.39. The number of hydrogen-bond donors (Lipinski definition) is 2. The van der Waals surface area contributed by atoms with Crippen LogP contribution >= 0.6 is 0 Å². The number of aromatic nitrogens is 6. The van der Waals surface area contributed by atoms with Crippen molar-refractivity contribution in [3.63, 3.8) is 0 Å². The number of nitrogens with zero attached hydrogens (tertiary/aromatic N) is 6. The molecule has 0 aliphatic rings. The zero-order valence-corrected chi connectivity index (χ0v) is 16.3. The Morgan fingerprint density at radius 1 is 1.11 bits per heavy atom. The minimum Gasteiger partial charge on any atom is -0.478 e. The molecule has 0 fully saturated rings. The Kier molecular flexibility index (Phi) is 5.30. The maximum absolute atomic E-state index is 12.4. The van der Waals surface area contributed by atoms with E-state index in [4.69, 9.17) is 5.11 Å². The summed E-state index contributed by atoms with van der Waals surface area (Å²) >= 11 is 0. The summed E-state index contributed by atoms with van der Waals surface area (Å²) in [4.78, 5) is 23.3. The number of hydrogen-bond acceptors (Lipinski definition) is 5. The monoisotopic (exact) mass is 385 g/mol. The fraction of sp³-hybridized carbons (Fsp3) is 0.389. The molecular formula is C18H23N7O3. The predicted octanol–water partition coefficient (Wildman–Crippen LogP) is 1.61. The summed E-state index contributed by atoms with van der Waals surface area (Å²) in [5.41, 5.74) is 4.39. The Morgan fingerprint density at radius 2 is 1.86 bits per heavy atom. The standard InChI is InChI=1S/C18H23N7O3/c1-5-24-12(3)14(6-20-24)9-25-13(4)17(11(2)22-25)21-16(26)10-23-8-15(7-19-23)18(27)28/h6-8H,5,9-10H2,1-4H3,(H,21,26)(H,27,28). The first kappa shape index (κ1) is 19.3. The summed E-state index contributed by atoms with van der Waals surface area (Å²) in [5, 5.41) is 24.6. The van der Waals surface area contributed by atoms with Gasteiger partial charge in [0, 0.05) is 24.0 Å². The minimum atomic E-state index is -1.08. The van der Waals surface area contributed by atoms with Gasteiger partial charge in [-0.15, -0.1) is 0 Å². The molecule has 3 rings (SSSR count). The number of carbonyl (C=O) groups is 2. The molecule has 10 nitrogen and oxygen atoms in total. The highest BCUT2D eigenvalue weighted by Crippen LogP contribution is 2.21. The summed E-state index contributed by atoms with van der Waals surface area (Å²) in [6.45, 7) is 9.08. The van der Waals surface area contributed by atoms with Crippen LogP contribution in [0.5, 0.6) is 0 Å². The van der Waals surface area contributed by atoms with Crippen LogP contribution in [0.15, 0.2) is 18.6 Å². The first-order valence-corrected chi connectivity index (χ1v) is 8.91. The van der Waals surface area contributed by atoms with Crippen LogP contribution in [0.3, 0.4) is 0 Å². The van der Waals surface area contributed by atoms with E-state index in [9.17, 15) is 9.59 Å². The minimum absolute atomic E-state index is 0.0379. The van der Waals surface area contributed by atoms with Crippen LogP contribution < -0.4 is 5.32 Å². The van der Waals surface area contributed by atoms with Crippen LogP contribution in [-0.4, -0.2) is 46.3 Å². The Morgan fingerprint density at radius 3 is 2.46 bits per heavy atom. The quantitative estimate of drug-likeness (QED) is 0.637. The largest absolute Gasteiger partial charge is 0.478 e. The van der Waals surface area contributed by atoms with Crippen molar-refractivity contribution in [2.45, 2.75) is 47.3 Å². The molecular weight excluding hydrogens is 362 g/mol. The van der Waals surface area contributed by atoms with E-state index in [0.717, 1.165) is 23.5 Å². The van der Waals surface area contributed by atoms with Crippen molar-refractivity contribution in [3.05, 3.63) is 46.8 Å². The molecule has 10 heteroatoms. The van der Waals surface area contributed by atoms with Gasteiger partial charge in [-0.2, -0.15) is 15.3 Å². The summed E-state index contributed by atoms with van der Waals surface area (Å²) < 4.78 is 5.06. The van der Waals surface area contributed by atoms with Crippen LogP contribution in [-0.2, 0) is 24.4 Å². The maximum atomic E-state index is 12.4.